The zero-order chi connectivity index (χ0) is 20.7. The number of anilines is 3. The van der Waals surface area contributed by atoms with E-state index in [4.69, 9.17) is 10.2 Å². The summed E-state index contributed by atoms with van der Waals surface area (Å²) in [5.74, 6) is 0.667. The highest BCUT2D eigenvalue weighted by Gasteiger charge is 2.40. The van der Waals surface area contributed by atoms with Crippen LogP contribution in [0.2, 0.25) is 0 Å². The molecular weight excluding hydrogens is 383 g/mol. The molecule has 0 radical (unpaired) electrons. The number of rotatable bonds is 4. The number of aliphatic hydroxyl groups is 1. The maximum Gasteiger partial charge on any atom is 0.208 e. The molecule has 2 aromatic heterocycles. The van der Waals surface area contributed by atoms with Gasteiger partial charge in [0.25, 0.3) is 0 Å². The van der Waals surface area contributed by atoms with Crippen LogP contribution in [-0.2, 0) is 0 Å². The van der Waals surface area contributed by atoms with Gasteiger partial charge < -0.3 is 20.2 Å². The molecule has 2 aliphatic rings. The molecule has 1 aromatic carbocycles. The Morgan fingerprint density at radius 1 is 1.23 bits per heavy atom. The van der Waals surface area contributed by atoms with Crippen LogP contribution in [0, 0.1) is 17.1 Å². The Morgan fingerprint density at radius 3 is 2.93 bits per heavy atom. The van der Waals surface area contributed by atoms with Gasteiger partial charge in [-0.2, -0.15) is 5.26 Å². The van der Waals surface area contributed by atoms with Gasteiger partial charge in [0.2, 0.25) is 6.35 Å². The van der Waals surface area contributed by atoms with E-state index in [0.717, 1.165) is 25.2 Å². The van der Waals surface area contributed by atoms with Crippen LogP contribution in [-0.4, -0.2) is 40.6 Å². The zero-order valence-electron chi connectivity index (χ0n) is 16.0. The maximum absolute atomic E-state index is 13.7. The fourth-order valence-corrected chi connectivity index (χ4v) is 4.14. The first kappa shape index (κ1) is 18.3. The van der Waals surface area contributed by atoms with E-state index in [2.05, 4.69) is 15.2 Å². The minimum atomic E-state index is -1.01. The van der Waals surface area contributed by atoms with Crippen LogP contribution in [0.25, 0.3) is 11.3 Å². The lowest BCUT2D eigenvalue weighted by Crippen LogP contribution is -2.51. The van der Waals surface area contributed by atoms with Crippen molar-refractivity contribution in [3.63, 3.8) is 0 Å². The minimum Gasteiger partial charge on any atom is -0.366 e. The fraction of sp³-hybridized carbons (Fsp3) is 0.227. The van der Waals surface area contributed by atoms with Crippen LogP contribution in [0.1, 0.15) is 12.0 Å². The predicted octanol–water partition coefficient (Wildman–Crippen LogP) is 2.94. The summed E-state index contributed by atoms with van der Waals surface area (Å²) in [4.78, 5) is 13.2. The van der Waals surface area contributed by atoms with Gasteiger partial charge in [-0.1, -0.05) is 6.07 Å². The van der Waals surface area contributed by atoms with Crippen molar-refractivity contribution in [1.29, 1.82) is 5.26 Å². The average Bonchev–Trinajstić information content (AvgIpc) is 3.19. The van der Waals surface area contributed by atoms with Gasteiger partial charge in [0.15, 0.2) is 5.82 Å². The van der Waals surface area contributed by atoms with E-state index >= 15 is 0 Å². The molecule has 5 rings (SSSR count). The predicted molar refractivity (Wildman–Crippen MR) is 111 cm³/mol. The third kappa shape index (κ3) is 3.09. The second-order valence-electron chi connectivity index (χ2n) is 7.37. The van der Waals surface area contributed by atoms with Crippen molar-refractivity contribution in [3.8, 4) is 17.3 Å². The number of nitrogens with zero attached hydrogens (tertiary/aromatic N) is 5. The lowest BCUT2D eigenvalue weighted by molar-refractivity contribution is 0.184. The third-order valence-electron chi connectivity index (χ3n) is 5.58. The molecule has 2 atom stereocenters. The van der Waals surface area contributed by atoms with Crippen LogP contribution in [0.3, 0.4) is 0 Å². The molecule has 3 aromatic rings. The Morgan fingerprint density at radius 2 is 2.13 bits per heavy atom. The van der Waals surface area contributed by atoms with Crippen LogP contribution >= 0.6 is 0 Å². The Balaban J connectivity index is 1.54. The summed E-state index contributed by atoms with van der Waals surface area (Å²) >= 11 is 0. The van der Waals surface area contributed by atoms with Crippen molar-refractivity contribution in [2.45, 2.75) is 18.8 Å². The summed E-state index contributed by atoms with van der Waals surface area (Å²) in [7, 11) is 0. The van der Waals surface area contributed by atoms with Crippen LogP contribution < -0.4 is 15.1 Å². The lowest BCUT2D eigenvalue weighted by Gasteiger charge is -2.40. The molecule has 2 aliphatic heterocycles. The van der Waals surface area contributed by atoms with E-state index in [9.17, 15) is 9.50 Å². The maximum atomic E-state index is 13.7. The van der Waals surface area contributed by atoms with Crippen LogP contribution in [0.5, 0.6) is 0 Å². The molecule has 0 spiro atoms. The van der Waals surface area contributed by atoms with Crippen LogP contribution in [0.4, 0.5) is 21.7 Å². The number of aliphatic hydroxyl groups excluding tert-OH is 1. The fourth-order valence-electron chi connectivity index (χ4n) is 4.14. The zero-order valence-corrected chi connectivity index (χ0v) is 16.0. The number of benzene rings is 1. The number of nitrogens with one attached hydrogen (secondary N) is 1. The van der Waals surface area contributed by atoms with Gasteiger partial charge in [-0.3, -0.25) is 0 Å². The number of hydrogen-bond donors (Lipinski definition) is 2. The first-order valence-corrected chi connectivity index (χ1v) is 9.74. The van der Waals surface area contributed by atoms with E-state index in [-0.39, 0.29) is 11.6 Å². The van der Waals surface area contributed by atoms with Crippen molar-refractivity contribution in [3.05, 3.63) is 66.1 Å². The van der Waals surface area contributed by atoms with E-state index in [1.54, 1.807) is 18.3 Å². The summed E-state index contributed by atoms with van der Waals surface area (Å²) in [6.07, 6.45) is 1.56. The molecule has 30 heavy (non-hydrogen) atoms. The van der Waals surface area contributed by atoms with Gasteiger partial charge in [0.1, 0.15) is 17.7 Å². The molecular formula is C22H19FN6O. The number of nitriles is 1. The van der Waals surface area contributed by atoms with E-state index in [1.165, 1.54) is 12.1 Å². The average molecular weight is 402 g/mol. The first-order valence-electron chi connectivity index (χ1n) is 9.74. The number of hydrogen-bond acceptors (Lipinski definition) is 7. The molecule has 2 N–H and O–H groups in total. The van der Waals surface area contributed by atoms with Crippen molar-refractivity contribution in [2.75, 3.05) is 28.2 Å². The van der Waals surface area contributed by atoms with Crippen molar-refractivity contribution in [2.24, 2.45) is 0 Å². The van der Waals surface area contributed by atoms with Crippen molar-refractivity contribution in [1.82, 2.24) is 9.97 Å². The molecule has 1 unspecified atom stereocenters. The van der Waals surface area contributed by atoms with Gasteiger partial charge in [0, 0.05) is 24.8 Å². The first-order chi connectivity index (χ1) is 14.6. The highest BCUT2D eigenvalue weighted by atomic mass is 19.1. The molecule has 0 saturated carbocycles. The van der Waals surface area contributed by atoms with Crippen molar-refractivity contribution < 1.29 is 9.50 Å². The van der Waals surface area contributed by atoms with E-state index in [1.807, 2.05) is 35.2 Å². The van der Waals surface area contributed by atoms with Gasteiger partial charge >= 0.3 is 0 Å². The lowest BCUT2D eigenvalue weighted by atomic mass is 10.1. The molecule has 8 heteroatoms. The summed E-state index contributed by atoms with van der Waals surface area (Å²) in [6, 6.07) is 15.6. The Hall–Kier alpha value is -3.70. The quantitative estimate of drug-likeness (QED) is 0.649. The summed E-state index contributed by atoms with van der Waals surface area (Å²) in [5, 5.41) is 23.2. The highest BCUT2D eigenvalue weighted by molar-refractivity contribution is 5.76. The number of fused-ring (bicyclic) bond motifs is 4. The van der Waals surface area contributed by atoms with Gasteiger partial charge in [0.05, 0.1) is 23.0 Å². The molecule has 1 saturated heterocycles. The second kappa shape index (κ2) is 7.28. The molecule has 150 valence electrons. The van der Waals surface area contributed by atoms with E-state index in [0.29, 0.717) is 22.9 Å². The monoisotopic (exact) mass is 402 g/mol. The number of aromatic nitrogens is 2. The topological polar surface area (TPSA) is 88.3 Å². The van der Waals surface area contributed by atoms with E-state index < -0.39 is 12.2 Å². The number of halogens is 1. The molecule has 0 amide bonds. The molecule has 4 heterocycles. The summed E-state index contributed by atoms with van der Waals surface area (Å²) in [6.45, 7) is 1.70. The molecule has 2 bridgehead atoms. The second-order valence-corrected chi connectivity index (χ2v) is 7.37. The standard InChI is InChI=1S/C22H19FN6O/c23-17-5-4-14(11-15(17)12-24)18-6-7-19-21(26-18)29(16-8-10-28(19)13-16)22(30)27-20-3-1-2-9-25-20/h1-7,9,11,16,22,30H,8,10,13H2,(H,25,27)/t16-,22?/m0/s1. The van der Waals surface area contributed by atoms with Crippen LogP contribution in [0.15, 0.2) is 54.7 Å². The smallest absolute Gasteiger partial charge is 0.208 e. The summed E-state index contributed by atoms with van der Waals surface area (Å²) in [5.41, 5.74) is 2.18. The minimum absolute atomic E-state index is 0.0236. The normalized spacial score (nSPS) is 18.0. The number of pyridine rings is 2. The molecule has 7 nitrogen and oxygen atoms in total. The molecule has 0 aliphatic carbocycles. The Labute approximate surface area is 173 Å². The highest BCUT2D eigenvalue weighted by Crippen LogP contribution is 2.41. The van der Waals surface area contributed by atoms with Gasteiger partial charge in [-0.25, -0.2) is 14.4 Å². The van der Waals surface area contributed by atoms with Gasteiger partial charge in [-0.15, -0.1) is 0 Å². The van der Waals surface area contributed by atoms with Gasteiger partial charge in [-0.05, 0) is 48.9 Å². The largest absolute Gasteiger partial charge is 0.366 e. The molecule has 1 fully saturated rings. The Bertz CT molecular complexity index is 1130. The summed E-state index contributed by atoms with van der Waals surface area (Å²) < 4.78 is 13.7. The van der Waals surface area contributed by atoms with Crippen molar-refractivity contribution >= 4 is 17.3 Å². The third-order valence-corrected chi connectivity index (χ3v) is 5.58. The SMILES string of the molecule is N#Cc1cc(-c2ccc3c(n2)N(C(O)Nc2ccccn2)[C@H]2CCN3C2)ccc1F. The Kier molecular flexibility index (Phi) is 4.45.